The van der Waals surface area contributed by atoms with E-state index in [1.807, 2.05) is 0 Å². The van der Waals surface area contributed by atoms with Crippen molar-refractivity contribution in [3.63, 3.8) is 0 Å². The molecule has 0 fully saturated rings. The van der Waals surface area contributed by atoms with Gasteiger partial charge in [-0.15, -0.1) is 0 Å². The van der Waals surface area contributed by atoms with Crippen molar-refractivity contribution in [1.29, 1.82) is 0 Å². The number of alkyl halides is 4. The Kier molecular flexibility index (Phi) is 2.50. The van der Waals surface area contributed by atoms with E-state index in [-0.39, 0.29) is 0 Å². The van der Waals surface area contributed by atoms with Gasteiger partial charge in [0.2, 0.25) is 0 Å². The van der Waals surface area contributed by atoms with E-state index in [4.69, 9.17) is 0 Å². The molecule has 1 radical (unpaired) electrons. The maximum absolute atomic E-state index is 11.4. The third-order valence-electron chi connectivity index (χ3n) is 0.371. The molecule has 0 saturated carbocycles. The monoisotopic (exact) mass is 139 g/mol. The van der Waals surface area contributed by atoms with Crippen LogP contribution < -0.4 is 0 Å². The first-order valence-corrected chi connectivity index (χ1v) is 1.98. The van der Waals surface area contributed by atoms with Gasteiger partial charge in [-0.3, -0.25) is 0 Å². The van der Waals surface area contributed by atoms with E-state index in [1.165, 1.54) is 5.92 Å². The highest BCUT2D eigenvalue weighted by Crippen LogP contribution is 2.11. The molecular weight excluding hydrogens is 136 g/mol. The van der Waals surface area contributed by atoms with Crippen molar-refractivity contribution in [2.75, 3.05) is 0 Å². The van der Waals surface area contributed by atoms with Gasteiger partial charge in [0.1, 0.15) is 0 Å². The van der Waals surface area contributed by atoms with Crippen molar-refractivity contribution in [1.82, 2.24) is 0 Å². The Morgan fingerprint density at radius 2 is 1.78 bits per heavy atom. The summed E-state index contributed by atoms with van der Waals surface area (Å²) in [5.74, 6) is 1.97. The quantitative estimate of drug-likeness (QED) is 0.354. The largest absolute Gasteiger partial charge is 0.457 e. The molecule has 0 aliphatic carbocycles. The topological polar surface area (TPSA) is 0 Å². The highest BCUT2D eigenvalue weighted by atomic mass is 19.4. The van der Waals surface area contributed by atoms with E-state index in [2.05, 4.69) is 6.92 Å². The van der Waals surface area contributed by atoms with Crippen LogP contribution in [0.1, 0.15) is 0 Å². The van der Waals surface area contributed by atoms with Gasteiger partial charge in [0.25, 0.3) is 0 Å². The van der Waals surface area contributed by atoms with Gasteiger partial charge in [0.05, 0.1) is 0 Å². The van der Waals surface area contributed by atoms with Crippen LogP contribution in [0.5, 0.6) is 0 Å². The molecule has 0 amide bonds. The molecule has 1 unspecified atom stereocenters. The van der Waals surface area contributed by atoms with Crippen LogP contribution in [-0.2, 0) is 0 Å². The first-order chi connectivity index (χ1) is 3.92. The summed E-state index contributed by atoms with van der Waals surface area (Å²) >= 11 is 0. The van der Waals surface area contributed by atoms with Gasteiger partial charge in [-0.2, -0.15) is 13.2 Å². The Bertz CT molecular complexity index is 133. The van der Waals surface area contributed by atoms with E-state index in [0.29, 0.717) is 0 Å². The lowest BCUT2D eigenvalue weighted by atomic mass is 10.4. The second-order valence-corrected chi connectivity index (χ2v) is 1.23. The van der Waals surface area contributed by atoms with Crippen molar-refractivity contribution in [3.8, 4) is 11.8 Å². The van der Waals surface area contributed by atoms with E-state index < -0.39 is 12.3 Å². The maximum atomic E-state index is 11.4. The highest BCUT2D eigenvalue weighted by Gasteiger charge is 2.23. The van der Waals surface area contributed by atoms with E-state index in [9.17, 15) is 17.6 Å². The second-order valence-electron chi connectivity index (χ2n) is 1.23. The van der Waals surface area contributed by atoms with Gasteiger partial charge in [-0.05, 0) is 6.92 Å². The lowest BCUT2D eigenvalue weighted by Crippen LogP contribution is -2.02. The molecule has 0 aliphatic heterocycles. The van der Waals surface area contributed by atoms with E-state index in [0.717, 1.165) is 5.92 Å². The summed E-state index contributed by atoms with van der Waals surface area (Å²) in [5, 5.41) is 0. The van der Waals surface area contributed by atoms with Crippen LogP contribution >= 0.6 is 0 Å². The van der Waals surface area contributed by atoms with Crippen LogP contribution in [0.15, 0.2) is 0 Å². The first kappa shape index (κ1) is 8.28. The molecule has 0 rings (SSSR count). The third kappa shape index (κ3) is 7.28. The maximum Gasteiger partial charge on any atom is 0.457 e. The number of rotatable bonds is 0. The molecular formula is C5H3F4. The second kappa shape index (κ2) is 2.72. The highest BCUT2D eigenvalue weighted by molar-refractivity contribution is 5.10. The van der Waals surface area contributed by atoms with Gasteiger partial charge in [0.15, 0.2) is 6.17 Å². The molecule has 0 aliphatic rings. The first-order valence-electron chi connectivity index (χ1n) is 1.98. The molecule has 4 heteroatoms. The Morgan fingerprint density at radius 1 is 1.33 bits per heavy atom. The molecule has 0 spiro atoms. The van der Waals surface area contributed by atoms with E-state index >= 15 is 0 Å². The van der Waals surface area contributed by atoms with E-state index in [1.54, 1.807) is 0 Å². The Balaban J connectivity index is 3.88. The Hall–Kier alpha value is -0.720. The average molecular weight is 139 g/mol. The summed E-state index contributed by atoms with van der Waals surface area (Å²) in [5.41, 5.74) is 0. The SMILES string of the molecule is [CH2]C(F)C#CC(F)(F)F. The van der Waals surface area contributed by atoms with Gasteiger partial charge >= 0.3 is 6.18 Å². The van der Waals surface area contributed by atoms with Crippen LogP contribution in [0.2, 0.25) is 0 Å². The zero-order valence-corrected chi connectivity index (χ0v) is 4.30. The van der Waals surface area contributed by atoms with Gasteiger partial charge < -0.3 is 0 Å². The van der Waals surface area contributed by atoms with Crippen molar-refractivity contribution < 1.29 is 17.6 Å². The summed E-state index contributed by atoms with van der Waals surface area (Å²) in [4.78, 5) is 0. The smallest absolute Gasteiger partial charge is 0.233 e. The van der Waals surface area contributed by atoms with Crippen molar-refractivity contribution in [3.05, 3.63) is 6.92 Å². The zero-order chi connectivity index (χ0) is 7.49. The number of halogens is 4. The minimum absolute atomic E-state index is 0.734. The molecule has 1 atom stereocenters. The summed E-state index contributed by atoms with van der Waals surface area (Å²) in [6.45, 7) is 2.60. The predicted octanol–water partition coefficient (Wildman–Crippen LogP) is 1.72. The summed E-state index contributed by atoms with van der Waals surface area (Å²) < 4.78 is 44.6. The molecule has 0 aromatic rings. The molecule has 0 N–H and O–H groups in total. The van der Waals surface area contributed by atoms with Gasteiger partial charge in [-0.1, -0.05) is 5.92 Å². The molecule has 9 heavy (non-hydrogen) atoms. The molecule has 0 heterocycles. The number of hydrogen-bond donors (Lipinski definition) is 0. The molecule has 0 aromatic carbocycles. The minimum atomic E-state index is -4.61. The number of hydrogen-bond acceptors (Lipinski definition) is 0. The normalized spacial score (nSPS) is 13.9. The van der Waals surface area contributed by atoms with Crippen LogP contribution in [0.25, 0.3) is 0 Å². The molecule has 0 saturated heterocycles. The molecule has 51 valence electrons. The Morgan fingerprint density at radius 3 is 1.89 bits per heavy atom. The third-order valence-corrected chi connectivity index (χ3v) is 0.371. The molecule has 0 aromatic heterocycles. The zero-order valence-electron chi connectivity index (χ0n) is 4.30. The average Bonchev–Trinajstić information content (AvgIpc) is 1.59. The summed E-state index contributed by atoms with van der Waals surface area (Å²) in [6, 6.07) is 0. The lowest BCUT2D eigenvalue weighted by molar-refractivity contribution is -0.0698. The minimum Gasteiger partial charge on any atom is -0.233 e. The van der Waals surface area contributed by atoms with Crippen LogP contribution in [0, 0.1) is 18.8 Å². The lowest BCUT2D eigenvalue weighted by Gasteiger charge is -1.91. The van der Waals surface area contributed by atoms with Gasteiger partial charge in [0, 0.05) is 5.92 Å². The van der Waals surface area contributed by atoms with Crippen molar-refractivity contribution in [2.24, 2.45) is 0 Å². The van der Waals surface area contributed by atoms with Crippen LogP contribution in [-0.4, -0.2) is 12.3 Å². The molecule has 0 nitrogen and oxygen atoms in total. The van der Waals surface area contributed by atoms with Crippen LogP contribution in [0.3, 0.4) is 0 Å². The Labute approximate surface area is 49.9 Å². The standard InChI is InChI=1S/C5H3F4/c1-4(6)2-3-5(7,8)9/h4H,1H2. The van der Waals surface area contributed by atoms with Gasteiger partial charge in [-0.25, -0.2) is 4.39 Å². The van der Waals surface area contributed by atoms with Crippen LogP contribution in [0.4, 0.5) is 17.6 Å². The van der Waals surface area contributed by atoms with Crippen molar-refractivity contribution >= 4 is 0 Å². The fraction of sp³-hybridized carbons (Fsp3) is 0.400. The fourth-order valence-corrected chi connectivity index (χ4v) is 0.160. The summed E-state index contributed by atoms with van der Waals surface area (Å²) in [7, 11) is 0. The fourth-order valence-electron chi connectivity index (χ4n) is 0.160. The predicted molar refractivity (Wildman–Crippen MR) is 24.1 cm³/mol. The summed E-state index contributed by atoms with van der Waals surface area (Å²) in [6.07, 6.45) is -6.58. The van der Waals surface area contributed by atoms with Crippen molar-refractivity contribution in [2.45, 2.75) is 12.3 Å². The molecule has 0 bridgehead atoms.